The highest BCUT2D eigenvalue weighted by Gasteiger charge is 2.59. The van der Waals surface area contributed by atoms with Gasteiger partial charge in [-0.3, -0.25) is 9.59 Å². The first-order valence-corrected chi connectivity index (χ1v) is 142. The SMILES string of the molecule is CCCCC1CC(=O)OC1=O.CCCC[Si](C)(C)O[Si](C)(C)O[Si](C)(C)O[Si](C)(C)O[Si](C)(C)O[Si](C)(C)O[Si](C)(C)O[Si](C)(C)O[Si](C)(C)O[Si](C)(C)O[Si](C)(C)O[Si](C)(C)O[Si](C)(C)O[Si](C)(C)O[Si](C)(C)O[Si](C)(C)O[Si](C)(C)O[Si](C)(C)O[Si](C)(C)O[Si](C)(C)O[Si](C)(C)O[Si](C)(C)O[Si](C)(C)O[Si](C)(C)O[Si](C)(C)O[Si](C)(C)O[Si](C)(C)O[Si](C)(C)O[Si](C)(C)O[Si](C)(C)O[Si](C)(C)O[Si](C)(C)C. The molecule has 0 aromatic carbocycles. The maximum atomic E-state index is 10.8. The van der Waals surface area contributed by atoms with Gasteiger partial charge in [-0.25, -0.2) is 0 Å². The summed E-state index contributed by atoms with van der Waals surface area (Å²) in [6.45, 7) is 139. The van der Waals surface area contributed by atoms with E-state index >= 15 is 0 Å². The standard InChI is InChI=1S/C69H204O31Si32.C8H12O3/c1-67-68-69-102(5,6)71-104(9,10)73-106(13,14)75-108(17,18)77-110(21,22)79-112(25,26)81-114(29,30)83-116(33,34)85-118(37,38)87-120(41,42)89-122(45,46)91-124(49,50)93-126(53,54)95-128(57,58)97-130(61,62)99-132(65,66)100-131(63,64)98-129(59,60)96-127(55,56)94-125(51,52)92-123(47,48)90-121(43,44)88-119(39,40)86-117(35,36)84-115(31,32)82-113(27,28)80-111(23,24)78-109(19,20)76-107(15,16)74-105(11,12)72-103(7,8)70-101(2,3)4;1-2-3-4-6-5-7(9)11-8(6)10/h67-69H2,1-66H3;6H,2-5H2,1H3. The Bertz CT molecular complexity index is 3790. The molecule has 1 atom stereocenters. The van der Waals surface area contributed by atoms with E-state index in [4.69, 9.17) is 128 Å². The molecule has 34 nitrogen and oxygen atoms in total. The van der Waals surface area contributed by atoms with Crippen LogP contribution >= 0.6 is 0 Å². The van der Waals surface area contributed by atoms with Crippen molar-refractivity contribution in [2.24, 2.45) is 5.92 Å². The Balaban J connectivity index is 0.0000170. The van der Waals surface area contributed by atoms with Crippen LogP contribution in [-0.4, -0.2) is 285 Å². The molecule has 143 heavy (non-hydrogen) atoms. The van der Waals surface area contributed by atoms with Gasteiger partial charge in [0.15, 0.2) is 16.6 Å². The second-order valence-electron chi connectivity index (χ2n) is 53.0. The third-order valence-corrected chi connectivity index (χ3v) is 143. The zero-order chi connectivity index (χ0) is 114. The fourth-order valence-electron chi connectivity index (χ4n) is 21.0. The van der Waals surface area contributed by atoms with Crippen molar-refractivity contribution in [2.45, 2.75) is 484 Å². The fraction of sp³-hybridized carbons (Fsp3) is 0.974. The monoisotopic (exact) mass is 2580 g/mol. The normalized spacial score (nSPS) is 16.8. The predicted octanol–water partition coefficient (Wildman–Crippen LogP) is 26.7. The van der Waals surface area contributed by atoms with Gasteiger partial charge in [0.1, 0.15) is 0 Å². The van der Waals surface area contributed by atoms with Crippen LogP contribution in [0.3, 0.4) is 0 Å². The minimum absolute atomic E-state index is 0.151. The van der Waals surface area contributed by atoms with E-state index in [1.807, 2.05) is 0 Å². The fourth-order valence-corrected chi connectivity index (χ4v) is 187. The zero-order valence-corrected chi connectivity index (χ0v) is 135. The van der Waals surface area contributed by atoms with Gasteiger partial charge in [-0.05, 0) is 438 Å². The average molecular weight is 2590 g/mol. The van der Waals surface area contributed by atoms with Crippen LogP contribution < -0.4 is 0 Å². The smallest absolute Gasteiger partial charge is 0.317 e. The first-order valence-electron chi connectivity index (χ1n) is 51.2. The lowest BCUT2D eigenvalue weighted by Gasteiger charge is -2.45. The van der Waals surface area contributed by atoms with Crippen LogP contribution in [0.4, 0.5) is 0 Å². The van der Waals surface area contributed by atoms with Crippen molar-refractivity contribution < 1.29 is 142 Å². The van der Waals surface area contributed by atoms with E-state index < -0.39 is 273 Å². The number of cyclic esters (lactones) is 2. The molecule has 0 aromatic heterocycles. The molecule has 0 N–H and O–H groups in total. The van der Waals surface area contributed by atoms with Crippen LogP contribution in [0.15, 0.2) is 0 Å². The van der Waals surface area contributed by atoms with Gasteiger partial charge in [-0.15, -0.1) is 0 Å². The highest BCUT2D eigenvalue weighted by Crippen LogP contribution is 2.40. The lowest BCUT2D eigenvalue weighted by atomic mass is 10.0. The van der Waals surface area contributed by atoms with E-state index in [1.165, 1.54) is 6.42 Å². The van der Waals surface area contributed by atoms with Gasteiger partial charge in [0.25, 0.3) is 0 Å². The molecular weight excluding hydrogens is 2370 g/mol. The Morgan fingerprint density at radius 2 is 0.287 bits per heavy atom. The number of esters is 2. The lowest BCUT2D eigenvalue weighted by molar-refractivity contribution is -0.153. The summed E-state index contributed by atoms with van der Waals surface area (Å²) in [7, 11) is -89.2. The number of ether oxygens (including phenoxy) is 1. The molecule has 0 spiro atoms. The van der Waals surface area contributed by atoms with Crippen molar-refractivity contribution in [3.8, 4) is 0 Å². The van der Waals surface area contributed by atoms with Crippen LogP contribution in [-0.2, 0) is 142 Å². The molecule has 0 radical (unpaired) electrons. The molecule has 66 heteroatoms. The number of carbonyl (C=O) groups is 2. The van der Waals surface area contributed by atoms with E-state index in [0.29, 0.717) is 6.42 Å². The van der Waals surface area contributed by atoms with Gasteiger partial charge in [0, 0.05) is 0 Å². The summed E-state index contributed by atoms with van der Waals surface area (Å²) in [4.78, 5) is 21.4. The van der Waals surface area contributed by atoms with Crippen molar-refractivity contribution in [1.82, 2.24) is 0 Å². The van der Waals surface area contributed by atoms with E-state index in [9.17, 15) is 9.59 Å². The van der Waals surface area contributed by atoms with Crippen LogP contribution in [0.2, 0.25) is 432 Å². The maximum Gasteiger partial charge on any atom is 0.317 e. The van der Waals surface area contributed by atoms with Crippen molar-refractivity contribution in [1.29, 1.82) is 0 Å². The zero-order valence-electron chi connectivity index (χ0n) is 103. The molecule has 1 fully saturated rings. The molecule has 856 valence electrons. The van der Waals surface area contributed by atoms with Gasteiger partial charge >= 0.3 is 269 Å². The van der Waals surface area contributed by atoms with Gasteiger partial charge in [-0.2, -0.15) is 0 Å². The summed E-state index contributed by atoms with van der Waals surface area (Å²) in [6.07, 6.45) is 5.45. The lowest BCUT2D eigenvalue weighted by Crippen LogP contribution is -2.63. The molecule has 1 unspecified atom stereocenters. The number of rotatable bonds is 68. The Morgan fingerprint density at radius 1 is 0.175 bits per heavy atom. The van der Waals surface area contributed by atoms with Crippen molar-refractivity contribution >= 4 is 285 Å². The van der Waals surface area contributed by atoms with Crippen molar-refractivity contribution in [2.75, 3.05) is 0 Å². The van der Waals surface area contributed by atoms with Crippen LogP contribution in [0, 0.1) is 5.92 Å². The summed E-state index contributed by atoms with van der Waals surface area (Å²) in [6, 6.07) is 1.12. The van der Waals surface area contributed by atoms with Crippen molar-refractivity contribution in [3.05, 3.63) is 0 Å². The summed E-state index contributed by atoms with van der Waals surface area (Å²) >= 11 is 0. The molecule has 1 heterocycles. The number of hydrogen-bond donors (Lipinski definition) is 0. The molecule has 0 aromatic rings. The first kappa shape index (κ1) is 148. The van der Waals surface area contributed by atoms with Crippen molar-refractivity contribution in [3.63, 3.8) is 0 Å². The van der Waals surface area contributed by atoms with E-state index in [2.05, 4.69) is 444 Å². The van der Waals surface area contributed by atoms with E-state index in [-0.39, 0.29) is 17.9 Å². The average Bonchev–Trinajstić information content (AvgIpc) is 1.51. The van der Waals surface area contributed by atoms with E-state index in [0.717, 1.165) is 31.7 Å². The molecular formula is C77H216O34Si32. The van der Waals surface area contributed by atoms with Crippen LogP contribution in [0.5, 0.6) is 0 Å². The van der Waals surface area contributed by atoms with Gasteiger partial charge in [0.05, 0.1) is 12.3 Å². The number of carbonyl (C=O) groups excluding carboxylic acids is 2. The van der Waals surface area contributed by atoms with E-state index in [1.54, 1.807) is 0 Å². The van der Waals surface area contributed by atoms with Crippen LogP contribution in [0.1, 0.15) is 52.4 Å². The third-order valence-electron chi connectivity index (χ3n) is 18.3. The number of hydrogen-bond acceptors (Lipinski definition) is 34. The highest BCUT2D eigenvalue weighted by molar-refractivity contribution is 7.00. The van der Waals surface area contributed by atoms with Gasteiger partial charge in [0.2, 0.25) is 0 Å². The molecule has 0 bridgehead atoms. The second kappa shape index (κ2) is 52.1. The molecule has 1 aliphatic heterocycles. The predicted molar refractivity (Wildman–Crippen MR) is 657 cm³/mol. The molecule has 1 saturated heterocycles. The quantitative estimate of drug-likeness (QED) is 0.0310. The second-order valence-corrected chi connectivity index (χ2v) is 171. The maximum absolute atomic E-state index is 10.8. The minimum atomic E-state index is -2.95. The molecule has 0 saturated carbocycles. The Labute approximate surface area is 908 Å². The van der Waals surface area contributed by atoms with Gasteiger partial charge < -0.3 is 132 Å². The molecule has 0 aliphatic carbocycles. The Kier molecular flexibility index (Phi) is 53.9. The Hall–Kier alpha value is 4.84. The number of unbranched alkanes of at least 4 members (excludes halogenated alkanes) is 2. The summed E-state index contributed by atoms with van der Waals surface area (Å²) in [5.74, 6) is -0.845. The van der Waals surface area contributed by atoms with Gasteiger partial charge in [-0.1, -0.05) is 39.5 Å². The summed E-state index contributed by atoms with van der Waals surface area (Å²) < 4.78 is 220. The first-order chi connectivity index (χ1) is 61.7. The summed E-state index contributed by atoms with van der Waals surface area (Å²) in [5, 5.41) is 0. The van der Waals surface area contributed by atoms with Crippen LogP contribution in [0.25, 0.3) is 0 Å². The minimum Gasteiger partial charge on any atom is -0.437 e. The largest absolute Gasteiger partial charge is 0.437 e. The summed E-state index contributed by atoms with van der Waals surface area (Å²) in [5.41, 5.74) is 0. The Morgan fingerprint density at radius 3 is 0.385 bits per heavy atom. The highest BCUT2D eigenvalue weighted by atomic mass is 28.6. The molecule has 1 aliphatic rings. The molecule has 1 rings (SSSR count). The molecule has 0 amide bonds. The third kappa shape index (κ3) is 68.6. The topological polar surface area (TPSA) is 330 Å².